The van der Waals surface area contributed by atoms with Gasteiger partial charge in [0.2, 0.25) is 0 Å². The van der Waals surface area contributed by atoms with Gasteiger partial charge in [0.05, 0.1) is 5.02 Å². The van der Waals surface area contributed by atoms with Crippen molar-refractivity contribution in [3.63, 3.8) is 0 Å². The summed E-state index contributed by atoms with van der Waals surface area (Å²) in [6.07, 6.45) is 3.71. The Kier molecular flexibility index (Phi) is 3.40. The van der Waals surface area contributed by atoms with E-state index in [0.29, 0.717) is 16.4 Å². The Bertz CT molecular complexity index is 411. The van der Waals surface area contributed by atoms with E-state index in [1.54, 1.807) is 6.07 Å². The van der Waals surface area contributed by atoms with Gasteiger partial charge < -0.3 is 5.11 Å². The first-order chi connectivity index (χ1) is 7.90. The Morgan fingerprint density at radius 1 is 1.29 bits per heavy atom. The molecule has 1 aromatic carbocycles. The van der Waals surface area contributed by atoms with E-state index in [9.17, 15) is 5.11 Å². The van der Waals surface area contributed by atoms with Crippen molar-refractivity contribution in [1.29, 1.82) is 0 Å². The smallest absolute Gasteiger partial charge is 0.134 e. The monoisotopic (exact) mass is 252 g/mol. The van der Waals surface area contributed by atoms with Crippen LogP contribution >= 0.6 is 11.6 Å². The first kappa shape index (κ1) is 12.8. The molecule has 2 heteroatoms. The molecule has 0 amide bonds. The van der Waals surface area contributed by atoms with E-state index in [1.807, 2.05) is 12.1 Å². The predicted molar refractivity (Wildman–Crippen MR) is 72.7 cm³/mol. The molecule has 0 bridgehead atoms. The first-order valence-electron chi connectivity index (χ1n) is 6.38. The van der Waals surface area contributed by atoms with Crippen molar-refractivity contribution in [2.45, 2.75) is 46.0 Å². The molecule has 0 spiro atoms. The normalized spacial score (nSPS) is 28.0. The van der Waals surface area contributed by atoms with Crippen LogP contribution in [0, 0.1) is 11.3 Å². The van der Waals surface area contributed by atoms with Gasteiger partial charge in [-0.2, -0.15) is 0 Å². The maximum absolute atomic E-state index is 9.45. The molecule has 0 aliphatic heterocycles. The van der Waals surface area contributed by atoms with Crippen molar-refractivity contribution >= 4 is 11.6 Å². The van der Waals surface area contributed by atoms with Gasteiger partial charge in [-0.3, -0.25) is 0 Å². The van der Waals surface area contributed by atoms with Crippen LogP contribution < -0.4 is 0 Å². The van der Waals surface area contributed by atoms with Gasteiger partial charge in [-0.15, -0.1) is 0 Å². The summed E-state index contributed by atoms with van der Waals surface area (Å²) < 4.78 is 0. The number of rotatable bonds is 1. The van der Waals surface area contributed by atoms with E-state index < -0.39 is 0 Å². The molecule has 2 unspecified atom stereocenters. The third kappa shape index (κ3) is 2.60. The fourth-order valence-electron chi connectivity index (χ4n) is 2.84. The van der Waals surface area contributed by atoms with Gasteiger partial charge in [-0.1, -0.05) is 38.4 Å². The lowest BCUT2D eigenvalue weighted by atomic mass is 9.64. The zero-order valence-electron chi connectivity index (χ0n) is 10.8. The van der Waals surface area contributed by atoms with Crippen LogP contribution in [0.5, 0.6) is 5.75 Å². The molecule has 0 saturated heterocycles. The first-order valence-corrected chi connectivity index (χ1v) is 6.76. The Morgan fingerprint density at radius 2 is 2.00 bits per heavy atom. The standard InChI is InChI=1S/C15H21ClO/c1-10-4-5-12(9-15(10,2)3)11-6-7-14(17)13(16)8-11/h6-8,10,12,17H,4-5,9H2,1-3H3. The van der Waals surface area contributed by atoms with Crippen molar-refractivity contribution in [3.8, 4) is 5.75 Å². The molecule has 1 saturated carbocycles. The lowest BCUT2D eigenvalue weighted by Crippen LogP contribution is -2.29. The van der Waals surface area contributed by atoms with Crippen molar-refractivity contribution in [2.24, 2.45) is 11.3 Å². The summed E-state index contributed by atoms with van der Waals surface area (Å²) in [4.78, 5) is 0. The van der Waals surface area contributed by atoms with Gasteiger partial charge in [0, 0.05) is 0 Å². The quantitative estimate of drug-likeness (QED) is 0.748. The number of hydrogen-bond acceptors (Lipinski definition) is 1. The van der Waals surface area contributed by atoms with E-state index in [1.165, 1.54) is 24.8 Å². The highest BCUT2D eigenvalue weighted by atomic mass is 35.5. The second-order valence-corrected chi connectivity index (χ2v) is 6.49. The minimum Gasteiger partial charge on any atom is -0.506 e. The van der Waals surface area contributed by atoms with Gasteiger partial charge in [0.25, 0.3) is 0 Å². The second-order valence-electron chi connectivity index (χ2n) is 6.08. The summed E-state index contributed by atoms with van der Waals surface area (Å²) in [6, 6.07) is 5.65. The predicted octanol–water partition coefficient (Wildman–Crippen LogP) is 4.98. The van der Waals surface area contributed by atoms with Crippen molar-refractivity contribution < 1.29 is 5.11 Å². The van der Waals surface area contributed by atoms with Crippen LogP contribution in [0.2, 0.25) is 5.02 Å². The molecule has 1 nitrogen and oxygen atoms in total. The van der Waals surface area contributed by atoms with Crippen LogP contribution in [-0.2, 0) is 0 Å². The lowest BCUT2D eigenvalue weighted by molar-refractivity contribution is 0.136. The largest absolute Gasteiger partial charge is 0.506 e. The number of aromatic hydroxyl groups is 1. The van der Waals surface area contributed by atoms with Crippen LogP contribution in [0.3, 0.4) is 0 Å². The fourth-order valence-corrected chi connectivity index (χ4v) is 3.03. The van der Waals surface area contributed by atoms with Crippen LogP contribution in [0.25, 0.3) is 0 Å². The van der Waals surface area contributed by atoms with Crippen LogP contribution in [-0.4, -0.2) is 5.11 Å². The van der Waals surface area contributed by atoms with Crippen molar-refractivity contribution in [3.05, 3.63) is 28.8 Å². The van der Waals surface area contributed by atoms with Gasteiger partial charge in [-0.25, -0.2) is 0 Å². The van der Waals surface area contributed by atoms with Crippen molar-refractivity contribution in [1.82, 2.24) is 0 Å². The van der Waals surface area contributed by atoms with E-state index in [-0.39, 0.29) is 5.75 Å². The van der Waals surface area contributed by atoms with E-state index in [0.717, 1.165) is 5.92 Å². The van der Waals surface area contributed by atoms with Gasteiger partial charge in [-0.05, 0) is 54.2 Å². The molecule has 0 aromatic heterocycles. The molecular formula is C15H21ClO. The average molecular weight is 253 g/mol. The molecule has 1 N–H and O–H groups in total. The number of hydrogen-bond donors (Lipinski definition) is 1. The Balaban J connectivity index is 2.21. The highest BCUT2D eigenvalue weighted by Crippen LogP contribution is 2.47. The molecule has 17 heavy (non-hydrogen) atoms. The minimum absolute atomic E-state index is 0.179. The second kappa shape index (κ2) is 4.53. The summed E-state index contributed by atoms with van der Waals surface area (Å²) in [6.45, 7) is 7.05. The third-order valence-corrected chi connectivity index (χ3v) is 4.80. The highest BCUT2D eigenvalue weighted by Gasteiger charge is 2.34. The van der Waals surface area contributed by atoms with Gasteiger partial charge >= 0.3 is 0 Å². The Morgan fingerprint density at radius 3 is 2.59 bits per heavy atom. The van der Waals surface area contributed by atoms with Crippen LogP contribution in [0.15, 0.2) is 18.2 Å². The lowest BCUT2D eigenvalue weighted by Gasteiger charge is -2.41. The topological polar surface area (TPSA) is 20.2 Å². The van der Waals surface area contributed by atoms with Gasteiger partial charge in [0.15, 0.2) is 0 Å². The summed E-state index contributed by atoms with van der Waals surface area (Å²) in [5, 5.41) is 9.93. The Labute approximate surface area is 109 Å². The molecule has 1 aliphatic rings. The number of halogens is 1. The van der Waals surface area contributed by atoms with Crippen LogP contribution in [0.4, 0.5) is 0 Å². The maximum atomic E-state index is 9.45. The molecule has 0 heterocycles. The summed E-state index contributed by atoms with van der Waals surface area (Å²) in [7, 11) is 0. The zero-order chi connectivity index (χ0) is 12.6. The summed E-state index contributed by atoms with van der Waals surface area (Å²) >= 11 is 5.98. The molecule has 1 aromatic rings. The van der Waals surface area contributed by atoms with Gasteiger partial charge in [0.1, 0.15) is 5.75 Å². The molecule has 0 radical (unpaired) electrons. The average Bonchev–Trinajstić information content (AvgIpc) is 2.26. The maximum Gasteiger partial charge on any atom is 0.134 e. The molecule has 2 rings (SSSR count). The fraction of sp³-hybridized carbons (Fsp3) is 0.600. The van der Waals surface area contributed by atoms with E-state index in [4.69, 9.17) is 11.6 Å². The molecule has 1 aliphatic carbocycles. The molecule has 2 atom stereocenters. The number of phenolic OH excluding ortho intramolecular Hbond substituents is 1. The third-order valence-electron chi connectivity index (χ3n) is 4.50. The molecular weight excluding hydrogens is 232 g/mol. The summed E-state index contributed by atoms with van der Waals surface area (Å²) in [5.41, 5.74) is 1.67. The molecule has 1 fully saturated rings. The minimum atomic E-state index is 0.179. The van der Waals surface area contributed by atoms with E-state index in [2.05, 4.69) is 20.8 Å². The summed E-state index contributed by atoms with van der Waals surface area (Å²) in [5.74, 6) is 1.55. The number of phenols is 1. The SMILES string of the molecule is CC1CCC(c2ccc(O)c(Cl)c2)CC1(C)C. The number of benzene rings is 1. The van der Waals surface area contributed by atoms with Crippen LogP contribution in [0.1, 0.15) is 51.5 Å². The van der Waals surface area contributed by atoms with Crippen molar-refractivity contribution in [2.75, 3.05) is 0 Å². The molecule has 94 valence electrons. The Hall–Kier alpha value is -0.690. The van der Waals surface area contributed by atoms with E-state index >= 15 is 0 Å². The zero-order valence-corrected chi connectivity index (χ0v) is 11.6. The highest BCUT2D eigenvalue weighted by molar-refractivity contribution is 6.32.